The van der Waals surface area contributed by atoms with Gasteiger partial charge in [0.15, 0.2) is 0 Å². The molecular weight excluding hydrogens is 327 g/mol. The molecular formula is C9H12Cl5N3. The second-order valence-electron chi connectivity index (χ2n) is 3.67. The van der Waals surface area contributed by atoms with Crippen molar-refractivity contribution in [1.29, 1.82) is 0 Å². The van der Waals surface area contributed by atoms with Crippen LogP contribution in [0.2, 0.25) is 0 Å². The molecule has 0 amide bonds. The van der Waals surface area contributed by atoms with E-state index in [1.54, 1.807) is 11.6 Å². The fourth-order valence-electron chi connectivity index (χ4n) is 1.39. The Morgan fingerprint density at radius 1 is 1.18 bits per heavy atom. The van der Waals surface area contributed by atoms with E-state index in [1.807, 2.05) is 0 Å². The van der Waals surface area contributed by atoms with E-state index < -0.39 is 8.13 Å². The highest BCUT2D eigenvalue weighted by molar-refractivity contribution is 6.75. The van der Waals surface area contributed by atoms with Crippen molar-refractivity contribution in [2.24, 2.45) is 0 Å². The minimum absolute atomic E-state index is 0.425. The van der Waals surface area contributed by atoms with Gasteiger partial charge in [-0.1, -0.05) is 76.6 Å². The van der Waals surface area contributed by atoms with Gasteiger partial charge in [0.1, 0.15) is 5.69 Å². The van der Waals surface area contributed by atoms with Gasteiger partial charge in [0.05, 0.1) is 5.69 Å². The lowest BCUT2D eigenvalue weighted by atomic mass is 10.2. The Morgan fingerprint density at radius 3 is 2.24 bits per heavy atom. The van der Waals surface area contributed by atoms with E-state index >= 15 is 0 Å². The van der Waals surface area contributed by atoms with Crippen LogP contribution in [0.25, 0.3) is 0 Å². The topological polar surface area (TPSA) is 30.7 Å². The van der Waals surface area contributed by atoms with Crippen molar-refractivity contribution in [1.82, 2.24) is 15.0 Å². The van der Waals surface area contributed by atoms with Crippen molar-refractivity contribution in [2.45, 2.75) is 41.4 Å². The van der Waals surface area contributed by atoms with Gasteiger partial charge >= 0.3 is 0 Å². The number of hydrogen-bond acceptors (Lipinski definition) is 2. The molecule has 3 nitrogen and oxygen atoms in total. The van der Waals surface area contributed by atoms with Gasteiger partial charge in [-0.2, -0.15) is 0 Å². The Balaban J connectivity index is 3.16. The third-order valence-corrected chi connectivity index (χ3v) is 4.64. The van der Waals surface area contributed by atoms with E-state index in [9.17, 15) is 0 Å². The first-order valence-electron chi connectivity index (χ1n) is 5.07. The summed E-state index contributed by atoms with van der Waals surface area (Å²) < 4.78 is -1.95. The van der Waals surface area contributed by atoms with Gasteiger partial charge in [0, 0.05) is 6.54 Å². The quantitative estimate of drug-likeness (QED) is 0.762. The summed E-state index contributed by atoms with van der Waals surface area (Å²) in [5.41, 5.74) is 0.978. The number of alkyl halides is 5. The van der Waals surface area contributed by atoms with Crippen LogP contribution >= 0.6 is 58.0 Å². The van der Waals surface area contributed by atoms with Crippen molar-refractivity contribution in [3.63, 3.8) is 0 Å². The molecule has 0 spiro atoms. The van der Waals surface area contributed by atoms with Crippen LogP contribution in [-0.2, 0) is 10.9 Å². The Morgan fingerprint density at radius 2 is 1.76 bits per heavy atom. The maximum absolute atomic E-state index is 6.14. The SMILES string of the molecule is CCCCn1nnc(C)c1C(Cl)(Cl)C(Cl)(Cl)Cl. The second kappa shape index (κ2) is 5.70. The molecule has 0 aliphatic rings. The zero-order valence-electron chi connectivity index (χ0n) is 9.35. The molecule has 98 valence electrons. The average molecular weight is 339 g/mol. The summed E-state index contributed by atoms with van der Waals surface area (Å²) in [7, 11) is 0. The van der Waals surface area contributed by atoms with E-state index in [-0.39, 0.29) is 0 Å². The van der Waals surface area contributed by atoms with Crippen molar-refractivity contribution < 1.29 is 0 Å². The highest BCUT2D eigenvalue weighted by atomic mass is 35.6. The predicted molar refractivity (Wildman–Crippen MR) is 73.3 cm³/mol. The van der Waals surface area contributed by atoms with Gasteiger partial charge in [-0.3, -0.25) is 0 Å². The van der Waals surface area contributed by atoms with Crippen LogP contribution in [0.5, 0.6) is 0 Å². The van der Waals surface area contributed by atoms with Crippen LogP contribution in [0.15, 0.2) is 0 Å². The highest BCUT2D eigenvalue weighted by Gasteiger charge is 2.50. The molecule has 0 unspecified atom stereocenters. The molecule has 0 bridgehead atoms. The molecule has 8 heteroatoms. The fraction of sp³-hybridized carbons (Fsp3) is 0.778. The maximum atomic E-state index is 6.14. The highest BCUT2D eigenvalue weighted by Crippen LogP contribution is 2.53. The first-order valence-corrected chi connectivity index (χ1v) is 6.96. The van der Waals surface area contributed by atoms with Gasteiger partial charge in [0.2, 0.25) is 8.13 Å². The summed E-state index contributed by atoms with van der Waals surface area (Å²) in [6.45, 7) is 4.42. The van der Waals surface area contributed by atoms with Crippen LogP contribution in [0.3, 0.4) is 0 Å². The molecule has 17 heavy (non-hydrogen) atoms. The van der Waals surface area contributed by atoms with Crippen molar-refractivity contribution in [3.05, 3.63) is 11.4 Å². The fourth-order valence-corrected chi connectivity index (χ4v) is 2.12. The molecule has 0 fully saturated rings. The van der Waals surface area contributed by atoms with E-state index in [1.165, 1.54) is 0 Å². The van der Waals surface area contributed by atoms with E-state index in [0.29, 0.717) is 17.9 Å². The summed E-state index contributed by atoms with van der Waals surface area (Å²) in [6.07, 6.45) is 1.92. The van der Waals surface area contributed by atoms with Crippen molar-refractivity contribution in [3.8, 4) is 0 Å². The molecule has 1 aromatic rings. The predicted octanol–water partition coefficient (Wildman–Crippen LogP) is 4.39. The lowest BCUT2D eigenvalue weighted by Gasteiger charge is -2.28. The largest absolute Gasteiger partial charge is 0.246 e. The molecule has 0 N–H and O–H groups in total. The van der Waals surface area contributed by atoms with Crippen LogP contribution in [0, 0.1) is 6.92 Å². The number of nitrogens with zero attached hydrogens (tertiary/aromatic N) is 3. The van der Waals surface area contributed by atoms with E-state index in [0.717, 1.165) is 12.8 Å². The lowest BCUT2D eigenvalue weighted by Crippen LogP contribution is -2.32. The molecule has 0 aromatic carbocycles. The van der Waals surface area contributed by atoms with Crippen LogP contribution in [0.1, 0.15) is 31.2 Å². The molecule has 0 radical (unpaired) electrons. The third kappa shape index (κ3) is 3.32. The first-order chi connectivity index (χ1) is 7.71. The molecule has 1 heterocycles. The molecule has 0 saturated carbocycles. The standard InChI is InChI=1S/C9H12Cl5N3/c1-3-4-5-17-7(6(2)15-16-17)8(10,11)9(12,13)14/h3-5H2,1-2H3. The Bertz CT molecular complexity index is 382. The number of aryl methyl sites for hydroxylation is 2. The van der Waals surface area contributed by atoms with Gasteiger partial charge < -0.3 is 0 Å². The molecule has 0 atom stereocenters. The molecule has 0 aliphatic heterocycles. The molecule has 1 aromatic heterocycles. The molecule has 0 saturated heterocycles. The van der Waals surface area contributed by atoms with Gasteiger partial charge in [0.25, 0.3) is 0 Å². The summed E-state index contributed by atoms with van der Waals surface area (Å²) >= 11 is 29.7. The molecule has 0 aliphatic carbocycles. The van der Waals surface area contributed by atoms with Crippen LogP contribution < -0.4 is 0 Å². The number of aromatic nitrogens is 3. The zero-order valence-corrected chi connectivity index (χ0v) is 13.1. The minimum Gasteiger partial charge on any atom is -0.246 e. The smallest absolute Gasteiger partial charge is 0.228 e. The number of rotatable bonds is 4. The number of halogens is 5. The Hall–Kier alpha value is 0.590. The minimum atomic E-state index is -1.85. The van der Waals surface area contributed by atoms with Crippen LogP contribution in [0.4, 0.5) is 0 Å². The Kier molecular flexibility index (Phi) is 5.25. The summed E-state index contributed by atoms with van der Waals surface area (Å²) in [5.74, 6) is 0. The summed E-state index contributed by atoms with van der Waals surface area (Å²) in [5, 5.41) is 7.87. The summed E-state index contributed by atoms with van der Waals surface area (Å²) in [6, 6.07) is 0. The van der Waals surface area contributed by atoms with Gasteiger partial charge in [-0.05, 0) is 13.3 Å². The van der Waals surface area contributed by atoms with E-state index in [4.69, 9.17) is 58.0 Å². The number of hydrogen-bond donors (Lipinski definition) is 0. The first kappa shape index (κ1) is 15.6. The normalized spacial score (nSPS) is 13.1. The average Bonchev–Trinajstić information content (AvgIpc) is 2.55. The summed E-state index contributed by atoms with van der Waals surface area (Å²) in [4.78, 5) is 0. The lowest BCUT2D eigenvalue weighted by molar-refractivity contribution is 0.523. The van der Waals surface area contributed by atoms with E-state index in [2.05, 4.69) is 17.2 Å². The number of unbranched alkanes of at least 4 members (excludes halogenated alkanes) is 1. The van der Waals surface area contributed by atoms with Gasteiger partial charge in [-0.15, -0.1) is 5.10 Å². The van der Waals surface area contributed by atoms with Crippen molar-refractivity contribution in [2.75, 3.05) is 0 Å². The zero-order chi connectivity index (χ0) is 13.3. The molecule has 1 rings (SSSR count). The van der Waals surface area contributed by atoms with Crippen molar-refractivity contribution >= 4 is 58.0 Å². The van der Waals surface area contributed by atoms with Crippen LogP contribution in [-0.4, -0.2) is 18.8 Å². The maximum Gasteiger partial charge on any atom is 0.228 e. The second-order valence-corrected chi connectivity index (χ2v) is 7.28. The van der Waals surface area contributed by atoms with Gasteiger partial charge in [-0.25, -0.2) is 4.68 Å². The monoisotopic (exact) mass is 337 g/mol. The third-order valence-electron chi connectivity index (χ3n) is 2.28. The Labute approximate surface area is 125 Å².